The fourth-order valence-electron chi connectivity index (χ4n) is 1.52. The van der Waals surface area contributed by atoms with Gasteiger partial charge in [0.05, 0.1) is 13.2 Å². The third-order valence-electron chi connectivity index (χ3n) is 2.67. The molecule has 126 valence electrons. The van der Waals surface area contributed by atoms with Crippen LogP contribution in [0.25, 0.3) is 0 Å². The molecule has 0 aliphatic rings. The van der Waals surface area contributed by atoms with E-state index in [1.165, 1.54) is 11.8 Å². The molecule has 0 amide bonds. The molecular weight excluding hydrogens is 317 g/mol. The van der Waals surface area contributed by atoms with Gasteiger partial charge in [-0.2, -0.15) is 11.8 Å². The normalized spacial score (nSPS) is 15.1. The predicted octanol–water partition coefficient (Wildman–Crippen LogP) is 1.71. The zero-order valence-corrected chi connectivity index (χ0v) is 14.8. The van der Waals surface area contributed by atoms with E-state index in [9.17, 15) is 19.6 Å². The Morgan fingerprint density at radius 1 is 1.24 bits per heavy atom. The number of carboxylic acids is 1. The van der Waals surface area contributed by atoms with E-state index in [-0.39, 0.29) is 19.6 Å². The third-order valence-corrected chi connectivity index (χ3v) is 6.15. The first-order valence-electron chi connectivity index (χ1n) is 6.81. The van der Waals surface area contributed by atoms with Crippen LogP contribution < -0.4 is 0 Å². The molecule has 1 atom stereocenters. The summed E-state index contributed by atoms with van der Waals surface area (Å²) in [5.41, 5.74) is 0. The lowest BCUT2D eigenvalue weighted by Crippen LogP contribution is -2.40. The Labute approximate surface area is 130 Å². The van der Waals surface area contributed by atoms with Gasteiger partial charge in [-0.1, -0.05) is 0 Å². The van der Waals surface area contributed by atoms with Gasteiger partial charge < -0.3 is 24.2 Å². The van der Waals surface area contributed by atoms with E-state index < -0.39 is 18.9 Å². The minimum atomic E-state index is -4.13. The van der Waals surface area contributed by atoms with Crippen molar-refractivity contribution in [2.45, 2.75) is 25.6 Å². The van der Waals surface area contributed by atoms with Gasteiger partial charge >= 0.3 is 13.6 Å². The largest absolute Gasteiger partial charge is 0.479 e. The molecule has 0 radical (unpaired) electrons. The van der Waals surface area contributed by atoms with Crippen LogP contribution in [0.2, 0.25) is 0 Å². The molecule has 0 saturated heterocycles. The lowest BCUT2D eigenvalue weighted by Gasteiger charge is -2.30. The van der Waals surface area contributed by atoms with Crippen molar-refractivity contribution in [3.8, 4) is 0 Å². The molecule has 0 aromatic carbocycles. The second-order valence-electron chi connectivity index (χ2n) is 4.62. The average molecular weight is 343 g/mol. The molecule has 0 saturated carbocycles. The molecule has 0 fully saturated rings. The molecule has 2 N–H and O–H groups in total. The average Bonchev–Trinajstić information content (AvgIpc) is 2.37. The lowest BCUT2D eigenvalue weighted by atomic mass is 10.3. The van der Waals surface area contributed by atoms with Gasteiger partial charge in [-0.25, -0.2) is 4.79 Å². The Bertz CT molecular complexity index is 358. The zero-order chi connectivity index (χ0) is 16.5. The minimum absolute atomic E-state index is 0.000635. The van der Waals surface area contributed by atoms with Gasteiger partial charge in [-0.05, 0) is 33.7 Å². The van der Waals surface area contributed by atoms with Crippen LogP contribution >= 0.6 is 19.4 Å². The molecular formula is C12H26NO6PS. The van der Waals surface area contributed by atoms with Crippen molar-refractivity contribution in [1.82, 2.24) is 4.90 Å². The predicted molar refractivity (Wildman–Crippen MR) is 83.9 cm³/mol. The van der Waals surface area contributed by atoms with E-state index in [1.807, 2.05) is 19.0 Å². The highest BCUT2D eigenvalue weighted by molar-refractivity contribution is 7.99. The summed E-state index contributed by atoms with van der Waals surface area (Å²) in [5.74, 6) is -0.446. The summed E-state index contributed by atoms with van der Waals surface area (Å²) in [4.78, 5) is 13.4. The molecule has 0 heterocycles. The third kappa shape index (κ3) is 6.26. The van der Waals surface area contributed by atoms with Crippen LogP contribution in [0, 0.1) is 0 Å². The number of thioether (sulfide) groups is 1. The van der Waals surface area contributed by atoms with Crippen LogP contribution in [0.15, 0.2) is 0 Å². The van der Waals surface area contributed by atoms with Crippen LogP contribution in [0.1, 0.15) is 20.3 Å². The molecule has 9 heteroatoms. The number of hydrogen-bond acceptors (Lipinski definition) is 7. The van der Waals surface area contributed by atoms with Gasteiger partial charge in [-0.15, -0.1) is 0 Å². The van der Waals surface area contributed by atoms with Crippen LogP contribution in [0.5, 0.6) is 0 Å². The Morgan fingerprint density at radius 3 is 2.14 bits per heavy atom. The van der Waals surface area contributed by atoms with Crippen molar-refractivity contribution in [2.75, 3.05) is 45.4 Å². The number of aliphatic hydroxyl groups is 1. The maximum Gasteiger partial charge on any atom is 0.373 e. The number of carbonyl (C=O) groups is 1. The summed E-state index contributed by atoms with van der Waals surface area (Å²) >= 11 is 1.48. The Balaban J connectivity index is 4.81. The number of hydrogen-bond donors (Lipinski definition) is 2. The van der Waals surface area contributed by atoms with E-state index >= 15 is 0 Å². The summed E-state index contributed by atoms with van der Waals surface area (Å²) in [6.07, 6.45) is -0.197. The molecule has 0 rings (SSSR count). The van der Waals surface area contributed by atoms with E-state index in [4.69, 9.17) is 9.05 Å². The Morgan fingerprint density at radius 2 is 1.76 bits per heavy atom. The van der Waals surface area contributed by atoms with E-state index in [0.717, 1.165) is 12.3 Å². The molecule has 1 unspecified atom stereocenters. The Kier molecular flexibility index (Phi) is 9.76. The highest BCUT2D eigenvalue weighted by Gasteiger charge is 2.55. The maximum absolute atomic E-state index is 12.6. The number of nitrogens with zero attached hydrogens (tertiary/aromatic N) is 1. The lowest BCUT2D eigenvalue weighted by molar-refractivity contribution is -0.152. The van der Waals surface area contributed by atoms with Crippen LogP contribution in [-0.4, -0.2) is 71.8 Å². The summed E-state index contributed by atoms with van der Waals surface area (Å²) in [7, 11) is -0.259. The molecule has 0 aliphatic carbocycles. The van der Waals surface area contributed by atoms with Crippen molar-refractivity contribution in [2.24, 2.45) is 0 Å². The standard InChI is InChI=1S/C12H26NO6PS/c1-5-18-20(17,19-6-2)12(16,11(14)15)7-9-21-10-8-13(3)4/h16H,5-10H2,1-4H3,(H,14,15). The summed E-state index contributed by atoms with van der Waals surface area (Å²) in [6.45, 7) is 3.98. The van der Waals surface area contributed by atoms with Crippen molar-refractivity contribution in [3.05, 3.63) is 0 Å². The SMILES string of the molecule is CCOP(=O)(OCC)C(O)(CCSCCN(C)C)C(=O)O. The van der Waals surface area contributed by atoms with Gasteiger partial charge in [0.1, 0.15) is 0 Å². The van der Waals surface area contributed by atoms with Crippen molar-refractivity contribution >= 4 is 25.3 Å². The summed E-state index contributed by atoms with van der Waals surface area (Å²) in [6, 6.07) is 0. The second kappa shape index (κ2) is 9.82. The molecule has 0 bridgehead atoms. The van der Waals surface area contributed by atoms with E-state index in [1.54, 1.807) is 13.8 Å². The molecule has 0 aromatic rings. The van der Waals surface area contributed by atoms with Crippen molar-refractivity contribution in [1.29, 1.82) is 0 Å². The van der Waals surface area contributed by atoms with Crippen LogP contribution in [0.3, 0.4) is 0 Å². The monoisotopic (exact) mass is 343 g/mol. The summed E-state index contributed by atoms with van der Waals surface area (Å²) in [5, 5.41) is 17.1. The van der Waals surface area contributed by atoms with Gasteiger partial charge in [-0.3, -0.25) is 4.57 Å². The highest BCUT2D eigenvalue weighted by atomic mass is 32.2. The first kappa shape index (κ1) is 20.9. The molecule has 7 nitrogen and oxygen atoms in total. The van der Waals surface area contributed by atoms with Gasteiger partial charge in [0, 0.05) is 18.7 Å². The van der Waals surface area contributed by atoms with Crippen LogP contribution in [0.4, 0.5) is 0 Å². The minimum Gasteiger partial charge on any atom is -0.479 e. The molecule has 0 spiro atoms. The van der Waals surface area contributed by atoms with Crippen LogP contribution in [-0.2, 0) is 18.4 Å². The number of rotatable bonds is 12. The molecule has 21 heavy (non-hydrogen) atoms. The van der Waals surface area contributed by atoms with Crippen molar-refractivity contribution < 1.29 is 28.6 Å². The number of aliphatic carboxylic acids is 1. The van der Waals surface area contributed by atoms with E-state index in [2.05, 4.69) is 0 Å². The van der Waals surface area contributed by atoms with Crippen molar-refractivity contribution in [3.63, 3.8) is 0 Å². The maximum atomic E-state index is 12.6. The Hall–Kier alpha value is -0.110. The number of carboxylic acid groups (broad SMARTS) is 1. The quantitative estimate of drug-likeness (QED) is 0.408. The fraction of sp³-hybridized carbons (Fsp3) is 0.917. The van der Waals surface area contributed by atoms with Gasteiger partial charge in [0.25, 0.3) is 5.34 Å². The molecule has 0 aromatic heterocycles. The fourth-order valence-corrected chi connectivity index (χ4v) is 4.61. The van der Waals surface area contributed by atoms with Gasteiger partial charge in [0.15, 0.2) is 0 Å². The highest BCUT2D eigenvalue weighted by Crippen LogP contribution is 2.60. The zero-order valence-electron chi connectivity index (χ0n) is 13.1. The van der Waals surface area contributed by atoms with Gasteiger partial charge in [0.2, 0.25) is 0 Å². The first-order valence-corrected chi connectivity index (χ1v) is 9.50. The second-order valence-corrected chi connectivity index (χ2v) is 8.10. The topological polar surface area (TPSA) is 96.3 Å². The first-order chi connectivity index (χ1) is 9.73. The summed E-state index contributed by atoms with van der Waals surface area (Å²) < 4.78 is 22.5. The van der Waals surface area contributed by atoms with E-state index in [0.29, 0.717) is 5.75 Å². The smallest absolute Gasteiger partial charge is 0.373 e. The molecule has 0 aliphatic heterocycles.